The predicted molar refractivity (Wildman–Crippen MR) is 198 cm³/mol. The summed E-state index contributed by atoms with van der Waals surface area (Å²) in [6.45, 7) is 0.432. The number of hydrogen-bond acceptors (Lipinski definition) is 13. The number of esters is 2. The van der Waals surface area contributed by atoms with Gasteiger partial charge in [-0.25, -0.2) is 9.59 Å². The molecule has 2 aliphatic carbocycles. The number of amides is 2. The molecule has 17 heteroatoms. The van der Waals surface area contributed by atoms with Crippen LogP contribution in [0.25, 0.3) is 0 Å². The number of aromatic hydroxyl groups is 1. The van der Waals surface area contributed by atoms with Crippen LogP contribution in [0.1, 0.15) is 60.1 Å². The second-order valence-electron chi connectivity index (χ2n) is 14.8. The fourth-order valence-corrected chi connectivity index (χ4v) is 8.83. The van der Waals surface area contributed by atoms with E-state index in [4.69, 9.17) is 14.2 Å². The van der Waals surface area contributed by atoms with Crippen LogP contribution in [-0.2, 0) is 50.1 Å². The lowest BCUT2D eigenvalue weighted by molar-refractivity contribution is -0.207. The minimum atomic E-state index is -1.79. The summed E-state index contributed by atoms with van der Waals surface area (Å²) in [4.78, 5) is 79.7. The molecule has 4 aliphatic rings. The van der Waals surface area contributed by atoms with Gasteiger partial charge in [0.05, 0.1) is 24.3 Å². The Labute approximate surface area is 330 Å². The molecule has 1 spiro atoms. The summed E-state index contributed by atoms with van der Waals surface area (Å²) in [7, 11) is 1.84. The van der Waals surface area contributed by atoms with Gasteiger partial charge in [-0.15, -0.1) is 0 Å². The van der Waals surface area contributed by atoms with E-state index in [-0.39, 0.29) is 41.2 Å². The molecular weight excluding hydrogens is 758 g/mol. The van der Waals surface area contributed by atoms with Crippen LogP contribution in [-0.4, -0.2) is 110 Å². The molecule has 1 saturated heterocycles. The van der Waals surface area contributed by atoms with Crippen molar-refractivity contribution in [1.29, 1.82) is 0 Å². The highest BCUT2D eigenvalue weighted by molar-refractivity contribution is 5.90. The summed E-state index contributed by atoms with van der Waals surface area (Å²) in [6.07, 6.45) is -4.37. The zero-order valence-corrected chi connectivity index (χ0v) is 31.1. The number of carbonyl (C=O) groups excluding carboxylic acids is 4. The van der Waals surface area contributed by atoms with Crippen molar-refractivity contribution < 1.29 is 68.5 Å². The maximum Gasteiger partial charge on any atom is 0.326 e. The second kappa shape index (κ2) is 15.6. The first-order valence-electron chi connectivity index (χ1n) is 18.5. The van der Waals surface area contributed by atoms with E-state index >= 15 is 0 Å². The summed E-state index contributed by atoms with van der Waals surface area (Å²) in [5.74, 6) is -7.50. The Hall–Kier alpha value is -6.30. The Morgan fingerprint density at radius 3 is 1.93 bits per heavy atom. The Morgan fingerprint density at radius 2 is 1.38 bits per heavy atom. The van der Waals surface area contributed by atoms with Gasteiger partial charge in [0.15, 0.2) is 29.8 Å². The number of carboxylic acids is 2. The molecule has 0 saturated carbocycles. The van der Waals surface area contributed by atoms with Crippen LogP contribution in [0.3, 0.4) is 0 Å². The third kappa shape index (κ3) is 6.90. The average molecular weight is 800 g/mol. The van der Waals surface area contributed by atoms with Crippen LogP contribution >= 0.6 is 0 Å². The first-order valence-corrected chi connectivity index (χ1v) is 18.5. The largest absolute Gasteiger partial charge is 0.504 e. The maximum atomic E-state index is 14.0. The molecule has 0 aromatic heterocycles. The molecule has 2 heterocycles. The molecule has 17 nitrogen and oxygen atoms in total. The molecule has 0 radical (unpaired) electrons. The number of aliphatic carboxylic acids is 2. The zero-order chi connectivity index (χ0) is 41.5. The molecule has 58 heavy (non-hydrogen) atoms. The number of hydrogen-bond donors (Lipinski definition) is 7. The fourth-order valence-electron chi connectivity index (χ4n) is 8.83. The number of likely N-dealkylation sites (tertiary alicyclic amines) is 1. The van der Waals surface area contributed by atoms with Crippen LogP contribution in [0.2, 0.25) is 0 Å². The van der Waals surface area contributed by atoms with Gasteiger partial charge in [-0.05, 0) is 55.3 Å². The van der Waals surface area contributed by atoms with Crippen molar-refractivity contribution in [2.75, 3.05) is 13.6 Å². The smallest absolute Gasteiger partial charge is 0.326 e. The highest BCUT2D eigenvalue weighted by Gasteiger charge is 2.74. The highest BCUT2D eigenvalue weighted by atomic mass is 16.6. The number of nitrogens with zero attached hydrogens (tertiary/aromatic N) is 1. The number of benzene rings is 3. The standard InChI is InChI=1S/C41H41N3O14/c1-44-17-16-40-31-23-12-13-26(45)34(31)57-35(40)27(56-29(46)19-24(38(52)53)42-36(50)32(48)21-8-4-2-5-9-21)14-15-41(40,28(44)18-23)58-30(47)20-25(39(54)55)43-37(51)33(49)22-10-6-3-7-11-22/h2-14,24-25,28,32-33,35,45,48-49H,15-20H2,1H3,(H,42,50)(H,43,51)(H,52,53)(H,54,55)/t24-,25-,28+,32-,33-,35-,40-,41+/m0/s1. The number of aliphatic hydroxyl groups is 2. The third-order valence-corrected chi connectivity index (χ3v) is 11.5. The van der Waals surface area contributed by atoms with E-state index in [1.807, 2.05) is 11.9 Å². The normalized spacial score (nSPS) is 24.6. The monoisotopic (exact) mass is 799 g/mol. The summed E-state index contributed by atoms with van der Waals surface area (Å²) in [6, 6.07) is 14.7. The predicted octanol–water partition coefficient (Wildman–Crippen LogP) is 1.15. The first-order chi connectivity index (χ1) is 27.7. The van der Waals surface area contributed by atoms with Gasteiger partial charge in [-0.3, -0.25) is 24.1 Å². The van der Waals surface area contributed by atoms with E-state index in [0.717, 1.165) is 5.56 Å². The SMILES string of the molecule is CN1CC[C@]23c4c5ccc(O)c4O[C@H]2C(OC(=O)C[C@H](NC(=O)[C@@H](O)c2ccccc2)C(=O)O)=CC[C@@]3(OC(=O)C[C@H](NC(=O)[C@@H](O)c2ccccc2)C(=O)O)[C@H]1C5. The van der Waals surface area contributed by atoms with E-state index in [1.54, 1.807) is 42.5 Å². The van der Waals surface area contributed by atoms with E-state index < -0.39 is 96.0 Å². The first kappa shape index (κ1) is 39.9. The van der Waals surface area contributed by atoms with Gasteiger partial charge in [-0.2, -0.15) is 0 Å². The van der Waals surface area contributed by atoms with Crippen molar-refractivity contribution >= 4 is 35.7 Å². The highest BCUT2D eigenvalue weighted by Crippen LogP contribution is 2.66. The lowest BCUT2D eigenvalue weighted by Gasteiger charge is -2.62. The van der Waals surface area contributed by atoms with Crippen LogP contribution in [0.4, 0.5) is 0 Å². The molecule has 3 aromatic rings. The Balaban J connectivity index is 1.16. The van der Waals surface area contributed by atoms with Gasteiger partial charge in [0.1, 0.15) is 23.4 Å². The molecule has 8 atom stereocenters. The Morgan fingerprint density at radius 1 is 0.828 bits per heavy atom. The van der Waals surface area contributed by atoms with E-state index in [2.05, 4.69) is 10.6 Å². The number of rotatable bonds is 14. The third-order valence-electron chi connectivity index (χ3n) is 11.5. The topological polar surface area (TPSA) is 259 Å². The lowest BCUT2D eigenvalue weighted by Crippen LogP contribution is -2.75. The quantitative estimate of drug-likeness (QED) is 0.113. The number of likely N-dealkylation sites (N-methyl/N-ethyl adjacent to an activating group) is 1. The molecular formula is C41H41N3O14. The lowest BCUT2D eigenvalue weighted by atomic mass is 9.50. The van der Waals surface area contributed by atoms with Crippen LogP contribution in [0.15, 0.2) is 84.6 Å². The summed E-state index contributed by atoms with van der Waals surface area (Å²) in [5, 5.41) is 56.4. The number of phenols is 1. The van der Waals surface area contributed by atoms with Crippen LogP contribution in [0, 0.1) is 0 Å². The van der Waals surface area contributed by atoms with Crippen molar-refractivity contribution in [3.8, 4) is 11.5 Å². The van der Waals surface area contributed by atoms with Gasteiger partial charge in [-0.1, -0.05) is 66.7 Å². The molecule has 0 unspecified atom stereocenters. The van der Waals surface area contributed by atoms with Gasteiger partial charge in [0, 0.05) is 12.0 Å². The number of aliphatic hydroxyl groups excluding tert-OH is 2. The molecule has 7 rings (SSSR count). The van der Waals surface area contributed by atoms with Gasteiger partial charge >= 0.3 is 23.9 Å². The molecule has 1 fully saturated rings. The van der Waals surface area contributed by atoms with Crippen molar-refractivity contribution in [3.63, 3.8) is 0 Å². The molecule has 2 aliphatic heterocycles. The van der Waals surface area contributed by atoms with Gasteiger partial charge in [0.25, 0.3) is 11.8 Å². The van der Waals surface area contributed by atoms with Crippen molar-refractivity contribution in [1.82, 2.24) is 15.5 Å². The average Bonchev–Trinajstić information content (AvgIpc) is 3.57. The Kier molecular flexibility index (Phi) is 10.7. The number of nitrogens with one attached hydrogen (secondary N) is 2. The summed E-state index contributed by atoms with van der Waals surface area (Å²) < 4.78 is 18.6. The van der Waals surface area contributed by atoms with E-state index in [9.17, 15) is 54.3 Å². The molecule has 2 amide bonds. The molecule has 2 bridgehead atoms. The van der Waals surface area contributed by atoms with Crippen molar-refractivity contribution in [3.05, 3.63) is 107 Å². The van der Waals surface area contributed by atoms with Gasteiger partial charge in [0.2, 0.25) is 0 Å². The maximum absolute atomic E-state index is 14.0. The van der Waals surface area contributed by atoms with E-state index in [1.165, 1.54) is 36.4 Å². The van der Waals surface area contributed by atoms with Crippen molar-refractivity contribution in [2.24, 2.45) is 0 Å². The summed E-state index contributed by atoms with van der Waals surface area (Å²) in [5.41, 5.74) is -1.10. The molecule has 304 valence electrons. The molecule has 3 aromatic carbocycles. The number of carbonyl (C=O) groups is 6. The fraction of sp³-hybridized carbons (Fsp3) is 0.366. The molecule has 7 N–H and O–H groups in total. The summed E-state index contributed by atoms with van der Waals surface area (Å²) >= 11 is 0. The number of piperidine rings is 1. The van der Waals surface area contributed by atoms with Gasteiger partial charge < -0.3 is 50.4 Å². The second-order valence-corrected chi connectivity index (χ2v) is 14.8. The minimum absolute atomic E-state index is 0.0613. The van der Waals surface area contributed by atoms with Crippen LogP contribution < -0.4 is 15.4 Å². The number of carboxylic acid groups (broad SMARTS) is 2. The minimum Gasteiger partial charge on any atom is -0.504 e. The number of phenolic OH excluding ortho intramolecular Hbond substituents is 1. The van der Waals surface area contributed by atoms with E-state index in [0.29, 0.717) is 18.5 Å². The zero-order valence-electron chi connectivity index (χ0n) is 31.1. The number of ether oxygens (including phenoxy) is 3. The Bertz CT molecular complexity index is 2180. The van der Waals surface area contributed by atoms with Crippen LogP contribution in [0.5, 0.6) is 11.5 Å². The van der Waals surface area contributed by atoms with Crippen molar-refractivity contribution in [2.45, 2.75) is 79.6 Å².